The Morgan fingerprint density at radius 3 is 2.94 bits per heavy atom. The van der Waals surface area contributed by atoms with Crippen molar-refractivity contribution >= 4 is 11.5 Å². The van der Waals surface area contributed by atoms with E-state index in [1.807, 2.05) is 24.3 Å². The van der Waals surface area contributed by atoms with Crippen molar-refractivity contribution in [3.05, 3.63) is 29.8 Å². The van der Waals surface area contributed by atoms with Crippen molar-refractivity contribution in [2.45, 2.75) is 26.4 Å². The summed E-state index contributed by atoms with van der Waals surface area (Å²) in [6, 6.07) is 7.82. The number of morpholine rings is 1. The molecule has 3 nitrogen and oxygen atoms in total. The largest absolute Gasteiger partial charge is 0.375 e. The fourth-order valence-electron chi connectivity index (χ4n) is 2.23. The van der Waals surface area contributed by atoms with Crippen molar-refractivity contribution in [2.75, 3.05) is 24.6 Å². The van der Waals surface area contributed by atoms with Crippen molar-refractivity contribution in [2.24, 2.45) is 0 Å². The van der Waals surface area contributed by atoms with E-state index in [0.717, 1.165) is 37.4 Å². The van der Waals surface area contributed by atoms with Gasteiger partial charge in [-0.3, -0.25) is 4.79 Å². The van der Waals surface area contributed by atoms with E-state index in [2.05, 4.69) is 11.8 Å². The predicted molar refractivity (Wildman–Crippen MR) is 68.7 cm³/mol. The minimum Gasteiger partial charge on any atom is -0.375 e. The SMILES string of the molecule is CCC1CN(c2ccccc2C(C)=O)CCO1. The highest BCUT2D eigenvalue weighted by molar-refractivity contribution is 5.99. The highest BCUT2D eigenvalue weighted by atomic mass is 16.5. The summed E-state index contributed by atoms with van der Waals surface area (Å²) in [6.07, 6.45) is 1.29. The number of ketones is 1. The molecule has 1 aliphatic heterocycles. The molecule has 1 aliphatic rings. The first-order chi connectivity index (χ1) is 8.22. The fourth-order valence-corrected chi connectivity index (χ4v) is 2.23. The fraction of sp³-hybridized carbons (Fsp3) is 0.500. The first-order valence-electron chi connectivity index (χ1n) is 6.19. The van der Waals surface area contributed by atoms with Gasteiger partial charge in [-0.2, -0.15) is 0 Å². The number of benzene rings is 1. The number of carbonyl (C=O) groups excluding carboxylic acids is 1. The number of para-hydroxylation sites is 1. The van der Waals surface area contributed by atoms with Crippen LogP contribution in [0, 0.1) is 0 Å². The zero-order chi connectivity index (χ0) is 12.3. The molecule has 0 radical (unpaired) electrons. The van der Waals surface area contributed by atoms with E-state index in [9.17, 15) is 4.79 Å². The zero-order valence-electron chi connectivity index (χ0n) is 10.5. The zero-order valence-corrected chi connectivity index (χ0v) is 10.5. The Morgan fingerprint density at radius 1 is 1.47 bits per heavy atom. The predicted octanol–water partition coefficient (Wildman–Crippen LogP) is 2.50. The van der Waals surface area contributed by atoms with Gasteiger partial charge in [-0.25, -0.2) is 0 Å². The number of hydrogen-bond acceptors (Lipinski definition) is 3. The normalized spacial score (nSPS) is 20.4. The lowest BCUT2D eigenvalue weighted by Crippen LogP contribution is -2.42. The molecule has 1 aromatic carbocycles. The van der Waals surface area contributed by atoms with Crippen molar-refractivity contribution in [3.63, 3.8) is 0 Å². The molecule has 0 bridgehead atoms. The molecule has 0 saturated carbocycles. The van der Waals surface area contributed by atoms with Crippen LogP contribution in [0.1, 0.15) is 30.6 Å². The molecular weight excluding hydrogens is 214 g/mol. The van der Waals surface area contributed by atoms with Gasteiger partial charge in [0.25, 0.3) is 0 Å². The summed E-state index contributed by atoms with van der Waals surface area (Å²) in [5.74, 6) is 0.125. The molecule has 2 rings (SSSR count). The van der Waals surface area contributed by atoms with Crippen LogP contribution in [-0.2, 0) is 4.74 Å². The lowest BCUT2D eigenvalue weighted by molar-refractivity contribution is 0.0383. The molecule has 1 atom stereocenters. The van der Waals surface area contributed by atoms with Gasteiger partial charge < -0.3 is 9.64 Å². The lowest BCUT2D eigenvalue weighted by atomic mass is 10.1. The first-order valence-corrected chi connectivity index (χ1v) is 6.19. The maximum Gasteiger partial charge on any atom is 0.161 e. The molecule has 1 aromatic rings. The Bertz CT molecular complexity index is 403. The van der Waals surface area contributed by atoms with Gasteiger partial charge in [0, 0.05) is 24.3 Å². The first kappa shape index (κ1) is 12.1. The average Bonchev–Trinajstić information content (AvgIpc) is 2.39. The van der Waals surface area contributed by atoms with Gasteiger partial charge in [0.1, 0.15) is 0 Å². The van der Waals surface area contributed by atoms with Crippen LogP contribution in [-0.4, -0.2) is 31.6 Å². The molecule has 1 heterocycles. The summed E-state index contributed by atoms with van der Waals surface area (Å²) in [7, 11) is 0. The third-order valence-electron chi connectivity index (χ3n) is 3.22. The van der Waals surface area contributed by atoms with Gasteiger partial charge in [-0.05, 0) is 25.5 Å². The van der Waals surface area contributed by atoms with Crippen LogP contribution in [0.15, 0.2) is 24.3 Å². The Hall–Kier alpha value is -1.35. The molecule has 17 heavy (non-hydrogen) atoms. The second kappa shape index (κ2) is 5.32. The number of nitrogens with zero attached hydrogens (tertiary/aromatic N) is 1. The van der Waals surface area contributed by atoms with E-state index in [1.54, 1.807) is 6.92 Å². The van der Waals surface area contributed by atoms with Crippen LogP contribution in [0.3, 0.4) is 0 Å². The van der Waals surface area contributed by atoms with Gasteiger partial charge >= 0.3 is 0 Å². The quantitative estimate of drug-likeness (QED) is 0.751. The molecule has 0 spiro atoms. The molecule has 3 heteroatoms. The minimum absolute atomic E-state index is 0.125. The van der Waals surface area contributed by atoms with Gasteiger partial charge in [0.15, 0.2) is 5.78 Å². The van der Waals surface area contributed by atoms with Crippen LogP contribution in [0.2, 0.25) is 0 Å². The third-order valence-corrected chi connectivity index (χ3v) is 3.22. The number of anilines is 1. The molecule has 0 aromatic heterocycles. The molecule has 0 aliphatic carbocycles. The second-order valence-corrected chi connectivity index (χ2v) is 4.42. The van der Waals surface area contributed by atoms with E-state index in [1.165, 1.54) is 0 Å². The third kappa shape index (κ3) is 2.67. The van der Waals surface area contributed by atoms with Crippen molar-refractivity contribution in [1.82, 2.24) is 0 Å². The molecule has 1 saturated heterocycles. The molecule has 1 unspecified atom stereocenters. The maximum absolute atomic E-state index is 11.6. The van der Waals surface area contributed by atoms with Gasteiger partial charge in [-0.1, -0.05) is 19.1 Å². The highest BCUT2D eigenvalue weighted by Gasteiger charge is 2.21. The van der Waals surface area contributed by atoms with Crippen LogP contribution >= 0.6 is 0 Å². The Kier molecular flexibility index (Phi) is 3.79. The number of ether oxygens (including phenoxy) is 1. The van der Waals surface area contributed by atoms with E-state index in [4.69, 9.17) is 4.74 Å². The van der Waals surface area contributed by atoms with Crippen LogP contribution < -0.4 is 4.90 Å². The number of Topliss-reactive ketones (excluding diaryl/α,β-unsaturated/α-hetero) is 1. The summed E-state index contributed by atoms with van der Waals surface area (Å²) >= 11 is 0. The Balaban J connectivity index is 2.24. The molecule has 1 fully saturated rings. The molecule has 0 N–H and O–H groups in total. The standard InChI is InChI=1S/C14H19NO2/c1-3-12-10-15(8-9-17-12)14-7-5-4-6-13(14)11(2)16/h4-7,12H,3,8-10H2,1-2H3. The lowest BCUT2D eigenvalue weighted by Gasteiger charge is -2.35. The van der Waals surface area contributed by atoms with E-state index in [-0.39, 0.29) is 11.9 Å². The molecule has 0 amide bonds. The van der Waals surface area contributed by atoms with Crippen LogP contribution in [0.5, 0.6) is 0 Å². The number of rotatable bonds is 3. The highest BCUT2D eigenvalue weighted by Crippen LogP contribution is 2.23. The number of hydrogen-bond donors (Lipinski definition) is 0. The topological polar surface area (TPSA) is 29.5 Å². The van der Waals surface area contributed by atoms with Crippen LogP contribution in [0.4, 0.5) is 5.69 Å². The smallest absolute Gasteiger partial charge is 0.161 e. The van der Waals surface area contributed by atoms with E-state index < -0.39 is 0 Å². The average molecular weight is 233 g/mol. The molecular formula is C14H19NO2. The summed E-state index contributed by atoms with van der Waals surface area (Å²) in [5.41, 5.74) is 1.85. The van der Waals surface area contributed by atoms with Gasteiger partial charge in [0.05, 0.1) is 12.7 Å². The Morgan fingerprint density at radius 2 is 2.24 bits per heavy atom. The van der Waals surface area contributed by atoms with Gasteiger partial charge in [-0.15, -0.1) is 0 Å². The monoisotopic (exact) mass is 233 g/mol. The second-order valence-electron chi connectivity index (χ2n) is 4.42. The van der Waals surface area contributed by atoms with Crippen LogP contribution in [0.25, 0.3) is 0 Å². The van der Waals surface area contributed by atoms with Crippen molar-refractivity contribution in [3.8, 4) is 0 Å². The summed E-state index contributed by atoms with van der Waals surface area (Å²) in [4.78, 5) is 13.9. The van der Waals surface area contributed by atoms with Gasteiger partial charge in [0.2, 0.25) is 0 Å². The molecule has 92 valence electrons. The number of carbonyl (C=O) groups is 1. The van der Waals surface area contributed by atoms with Crippen molar-refractivity contribution in [1.29, 1.82) is 0 Å². The Labute approximate surface area is 102 Å². The maximum atomic E-state index is 11.6. The van der Waals surface area contributed by atoms with Crippen molar-refractivity contribution < 1.29 is 9.53 Å². The summed E-state index contributed by atoms with van der Waals surface area (Å²) in [6.45, 7) is 6.23. The minimum atomic E-state index is 0.125. The summed E-state index contributed by atoms with van der Waals surface area (Å²) in [5, 5.41) is 0. The van der Waals surface area contributed by atoms with E-state index in [0.29, 0.717) is 0 Å². The summed E-state index contributed by atoms with van der Waals surface area (Å²) < 4.78 is 5.65. The van der Waals surface area contributed by atoms with E-state index >= 15 is 0 Å².